The number of nitrogens with zero attached hydrogens (tertiary/aromatic N) is 2. The normalized spacial score (nSPS) is 12.1. The molecule has 16 rings (SSSR count). The fourth-order valence-corrected chi connectivity index (χ4v) is 14.9. The van der Waals surface area contributed by atoms with E-state index in [0.717, 1.165) is 78.7 Å². The number of phenols is 2. The van der Waals surface area contributed by atoms with Crippen molar-refractivity contribution in [3.8, 4) is 46.0 Å². The monoisotopic (exact) mass is 1710 g/mol. The van der Waals surface area contributed by atoms with E-state index in [4.69, 9.17) is 28.4 Å². The van der Waals surface area contributed by atoms with Crippen molar-refractivity contribution in [2.45, 2.75) is 97.4 Å². The van der Waals surface area contributed by atoms with Crippen molar-refractivity contribution in [1.29, 1.82) is 0 Å². The van der Waals surface area contributed by atoms with Crippen LogP contribution in [0.3, 0.4) is 0 Å². The molecule has 0 bridgehead atoms. The summed E-state index contributed by atoms with van der Waals surface area (Å²) in [5.41, 5.74) is 8.86. The number of anilines is 6. The van der Waals surface area contributed by atoms with E-state index in [1.54, 1.807) is 64.8 Å². The van der Waals surface area contributed by atoms with Gasteiger partial charge in [0, 0.05) is 97.2 Å². The summed E-state index contributed by atoms with van der Waals surface area (Å²) in [7, 11) is 5.03. The molecule has 0 unspecified atom stereocenters. The van der Waals surface area contributed by atoms with Gasteiger partial charge in [0.25, 0.3) is 0 Å². The van der Waals surface area contributed by atoms with Crippen molar-refractivity contribution in [1.82, 2.24) is 0 Å². The van der Waals surface area contributed by atoms with Gasteiger partial charge in [0.05, 0.1) is 61.1 Å². The van der Waals surface area contributed by atoms with Crippen molar-refractivity contribution in [3.63, 3.8) is 0 Å². The Bertz CT molecular complexity index is 6110. The van der Waals surface area contributed by atoms with E-state index in [0.29, 0.717) is 52.7 Å². The molecule has 14 aromatic carbocycles. The first-order valence-corrected chi connectivity index (χ1v) is 41.1. The van der Waals surface area contributed by atoms with E-state index in [2.05, 4.69) is 253 Å². The van der Waals surface area contributed by atoms with Gasteiger partial charge in [-0.1, -0.05) is 130 Å². The van der Waals surface area contributed by atoms with Gasteiger partial charge in [-0.15, -0.1) is 0 Å². The Morgan fingerprint density at radius 1 is 0.320 bits per heavy atom. The number of carbonyl (C=O) groups is 4. The maximum atomic E-state index is 12.5. The van der Waals surface area contributed by atoms with Gasteiger partial charge in [0.15, 0.2) is 23.1 Å². The van der Waals surface area contributed by atoms with E-state index in [9.17, 15) is 51.0 Å². The number of carbonyl (C=O) groups excluding carboxylic acids is 4. The van der Waals surface area contributed by atoms with Crippen LogP contribution in [0.1, 0.15) is 168 Å². The number of aromatic hydroxyl groups is 2. The molecule has 0 aliphatic heterocycles. The smallest absolute Gasteiger partial charge is 1.00 e. The molecular weight excluding hydrogens is 1620 g/mol. The molecule has 0 amide bonds. The van der Waals surface area contributed by atoms with Crippen molar-refractivity contribution >= 4 is 119 Å². The summed E-state index contributed by atoms with van der Waals surface area (Å²) in [6.07, 6.45) is 0. The number of ether oxygens (including phenoxy) is 6. The summed E-state index contributed by atoms with van der Waals surface area (Å²) in [6.45, 7) is 22.6. The van der Waals surface area contributed by atoms with Crippen LogP contribution in [0.5, 0.6) is 46.0 Å². The van der Waals surface area contributed by atoms with E-state index >= 15 is 0 Å². The largest absolute Gasteiger partial charge is 1.00 e. The first-order valence-electron chi connectivity index (χ1n) is 39.7. The quantitative estimate of drug-likeness (QED) is 0.0321. The minimum Gasteiger partial charge on any atom is -1.00 e. The molecule has 23 heteroatoms. The number of methoxy groups -OCH3 is 6. The molecule has 14 aromatic rings. The van der Waals surface area contributed by atoms with E-state index in [1.165, 1.54) is 94.4 Å². The summed E-state index contributed by atoms with van der Waals surface area (Å²) in [4.78, 5) is 54.1. The van der Waals surface area contributed by atoms with E-state index < -0.39 is 15.6 Å². The third-order valence-electron chi connectivity index (χ3n) is 21.7. The molecule has 0 spiro atoms. The molecule has 637 valence electrons. The fourth-order valence-electron chi connectivity index (χ4n) is 14.7. The number of rotatable bonds is 15. The maximum absolute atomic E-state index is 12.5. The predicted octanol–water partition coefficient (Wildman–Crippen LogP) is 21.4. The SMILES string of the molecule is COS(=O)(=O)C(F)(F)F.COc1ccc2c(N(c3ccc(C(C)C)cc3)c3ccc(C(C)(C)C)cc3)c3cc(OC)ccc3c(N(c3ccc(C(C)C)cc3)c3ccc(C(C)(C)C)cc3)c2c1.COc1ccc2c(c1)C(=O)c1ccc(OC)cc1C2=O.COc1ccc2cc3cc(OC)ccc3cc2c1.O=C1c2ccc(O)cc2C(=O)c2ccc(O)cc21.[B].[H-].[Na+]. The molecule has 0 fully saturated rings. The van der Waals surface area contributed by atoms with Crippen LogP contribution in [0.2, 0.25) is 0 Å². The summed E-state index contributed by atoms with van der Waals surface area (Å²) < 4.78 is 88.6. The molecular formula is C102H98BF3N2NaO15S. The minimum atomic E-state index is -5.34. The van der Waals surface area contributed by atoms with Gasteiger partial charge in [-0.2, -0.15) is 21.6 Å². The van der Waals surface area contributed by atoms with Crippen LogP contribution < -0.4 is 67.8 Å². The van der Waals surface area contributed by atoms with Gasteiger partial charge in [-0.3, -0.25) is 23.4 Å². The number of benzene rings is 14. The molecule has 0 aromatic heterocycles. The molecule has 17 nitrogen and oxygen atoms in total. The number of hydrogen-bond acceptors (Lipinski definition) is 17. The topological polar surface area (TPSA) is 214 Å². The van der Waals surface area contributed by atoms with Crippen LogP contribution in [0.4, 0.5) is 47.3 Å². The summed E-state index contributed by atoms with van der Waals surface area (Å²) in [6, 6.07) is 83.8. The first kappa shape index (κ1) is 94.8. The van der Waals surface area contributed by atoms with Gasteiger partial charge in [-0.05, 0) is 261 Å². The van der Waals surface area contributed by atoms with Crippen LogP contribution in [-0.4, -0.2) is 105 Å². The molecule has 2 N–H and O–H groups in total. The molecule has 0 atom stereocenters. The molecule has 0 saturated carbocycles. The average Bonchev–Trinajstić information content (AvgIpc) is 0.716. The van der Waals surface area contributed by atoms with Crippen LogP contribution in [0.25, 0.3) is 43.1 Å². The van der Waals surface area contributed by atoms with Crippen LogP contribution >= 0.6 is 0 Å². The molecule has 2 aliphatic rings. The van der Waals surface area contributed by atoms with Gasteiger partial charge in [0.2, 0.25) is 0 Å². The van der Waals surface area contributed by atoms with Crippen LogP contribution in [0, 0.1) is 0 Å². The molecule has 2 aliphatic carbocycles. The van der Waals surface area contributed by atoms with Crippen molar-refractivity contribution in [3.05, 3.63) is 322 Å². The zero-order valence-corrected chi connectivity index (χ0v) is 75.9. The van der Waals surface area contributed by atoms with Crippen molar-refractivity contribution < 1.29 is 115 Å². The Kier molecular flexibility index (Phi) is 29.7. The Labute approximate surface area is 752 Å². The maximum Gasteiger partial charge on any atom is 1.00 e. The zero-order chi connectivity index (χ0) is 88.9. The van der Waals surface area contributed by atoms with Crippen molar-refractivity contribution in [2.24, 2.45) is 0 Å². The van der Waals surface area contributed by atoms with Gasteiger partial charge < -0.3 is 49.9 Å². The number of phenolic OH excluding ortho intramolecular Hbond substituents is 2. The van der Waals surface area contributed by atoms with Crippen molar-refractivity contribution in [2.75, 3.05) is 59.6 Å². The second kappa shape index (κ2) is 39.2. The standard InChI is InChI=1S/C54H60N2O2.C16H12O4.C16H14O2.C14H8O4.C2H3F3O3S.B.Na.H/c1-35(2)37-13-21-41(22-14-37)55(43-25-17-39(18-26-43)53(5,6)7)51-47-31-29-46(58-12)34-50(47)52(48-32-30-45(57-11)33-49(48)51)56(42-23-15-38(16-24-42)36(3)4)44-27-19-40(20-28-44)54(8,9)10;1-19-9-3-5-11-13(7-9)15(17)12-6-4-10(20-2)8-14(12)16(11)18;1-17-15-5-3-11-8-14-10-16(18-2)6-4-12(14)7-13(11)9-15;15-7-1-3-9-11(5-7)14(18)10-4-2-8(16)6-12(10)13(9)17;1-8-9(6,7)2(3,4)5;;;/h13-36H,1-12H3;3-8H,1-2H3;3-10H,1-2H3;1-6,15-16H;1H3;;;/q;;;;;;+1;-1. The second-order valence-electron chi connectivity index (χ2n) is 32.2. The zero-order valence-electron chi connectivity index (χ0n) is 74.1. The Morgan fingerprint density at radius 3 is 0.856 bits per heavy atom. The Hall–Kier alpha value is -12.4. The summed E-state index contributed by atoms with van der Waals surface area (Å²) in [5.74, 6) is 4.22. The minimum absolute atomic E-state index is 0. The third kappa shape index (κ3) is 20.5. The number of alkyl halides is 3. The number of halogens is 3. The fraction of sp³-hybridized carbons (Fsp3) is 0.216. The number of hydrogen-bond donors (Lipinski definition) is 2. The summed E-state index contributed by atoms with van der Waals surface area (Å²) in [5, 5.41) is 27.9. The molecule has 0 saturated heterocycles. The first-order chi connectivity index (χ1) is 58.4. The van der Waals surface area contributed by atoms with Crippen LogP contribution in [0.15, 0.2) is 255 Å². The predicted molar refractivity (Wildman–Crippen MR) is 489 cm³/mol. The third-order valence-corrected chi connectivity index (χ3v) is 22.7. The van der Waals surface area contributed by atoms with E-state index in [1.807, 2.05) is 12.1 Å². The Balaban J connectivity index is 0.000000213. The second-order valence-corrected chi connectivity index (χ2v) is 33.9. The molecule has 3 radical (unpaired) electrons. The van der Waals surface area contributed by atoms with Gasteiger partial charge in [-0.25, -0.2) is 0 Å². The average molecular weight is 1710 g/mol. The number of fused-ring (bicyclic) bond motifs is 8. The summed E-state index contributed by atoms with van der Waals surface area (Å²) >= 11 is 0. The van der Waals surface area contributed by atoms with Gasteiger partial charge >= 0.3 is 45.2 Å². The van der Waals surface area contributed by atoms with E-state index in [-0.39, 0.29) is 107 Å². The van der Waals surface area contributed by atoms with Gasteiger partial charge in [0.1, 0.15) is 46.0 Å². The van der Waals surface area contributed by atoms with Crippen LogP contribution in [-0.2, 0) is 25.1 Å². The molecule has 125 heavy (non-hydrogen) atoms. The Morgan fingerprint density at radius 2 is 0.584 bits per heavy atom. The molecule has 0 heterocycles. The number of ketones is 4.